The molecule has 136 valence electrons. The third-order valence-corrected chi connectivity index (χ3v) is 4.35. The van der Waals surface area contributed by atoms with Gasteiger partial charge in [-0.1, -0.05) is 0 Å². The van der Waals surface area contributed by atoms with Crippen molar-refractivity contribution in [3.05, 3.63) is 55.3 Å². The van der Waals surface area contributed by atoms with Gasteiger partial charge in [0.15, 0.2) is 0 Å². The zero-order chi connectivity index (χ0) is 19.0. The van der Waals surface area contributed by atoms with Crippen LogP contribution in [0.15, 0.2) is 49.6 Å². The molecule has 0 atom stereocenters. The van der Waals surface area contributed by atoms with Gasteiger partial charge in [-0.05, 0) is 26.0 Å². The van der Waals surface area contributed by atoms with Crippen LogP contribution >= 0.6 is 0 Å². The van der Waals surface area contributed by atoms with Crippen molar-refractivity contribution in [1.29, 1.82) is 0 Å². The van der Waals surface area contributed by atoms with Crippen LogP contribution in [0.4, 0.5) is 5.82 Å². The molecule has 1 amide bonds. The van der Waals surface area contributed by atoms with Crippen LogP contribution in [-0.4, -0.2) is 35.0 Å². The maximum Gasteiger partial charge on any atom is 0.276 e. The van der Waals surface area contributed by atoms with Crippen molar-refractivity contribution in [2.75, 3.05) is 5.32 Å². The summed E-state index contributed by atoms with van der Waals surface area (Å²) in [6.45, 7) is 4.06. The average Bonchev–Trinajstić information content (AvgIpc) is 3.30. The molecule has 1 N–H and O–H groups in total. The highest BCUT2D eigenvalue weighted by molar-refractivity contribution is 6.03. The van der Waals surface area contributed by atoms with Gasteiger partial charge in [0.1, 0.15) is 11.5 Å². The summed E-state index contributed by atoms with van der Waals surface area (Å²) in [5.74, 6) is 0.160. The van der Waals surface area contributed by atoms with E-state index in [-0.39, 0.29) is 11.9 Å². The van der Waals surface area contributed by atoms with Crippen molar-refractivity contribution < 1.29 is 4.79 Å². The van der Waals surface area contributed by atoms with Crippen molar-refractivity contribution in [2.45, 2.75) is 19.9 Å². The summed E-state index contributed by atoms with van der Waals surface area (Å²) < 4.78 is 3.81. The van der Waals surface area contributed by atoms with Gasteiger partial charge in [0.2, 0.25) is 0 Å². The van der Waals surface area contributed by atoms with E-state index in [1.54, 1.807) is 43.5 Å². The van der Waals surface area contributed by atoms with Gasteiger partial charge in [0.05, 0.1) is 36.3 Å². The molecule has 0 bridgehead atoms. The fraction of sp³-hybridized carbons (Fsp3) is 0.211. The third kappa shape index (κ3) is 3.29. The number of hydrogen-bond acceptors (Lipinski definition) is 5. The van der Waals surface area contributed by atoms with E-state index in [1.165, 1.54) is 0 Å². The largest absolute Gasteiger partial charge is 0.334 e. The molecule has 0 saturated carbocycles. The van der Waals surface area contributed by atoms with Crippen LogP contribution in [0.2, 0.25) is 0 Å². The molecule has 27 heavy (non-hydrogen) atoms. The minimum atomic E-state index is -0.294. The van der Waals surface area contributed by atoms with Gasteiger partial charge in [-0.15, -0.1) is 0 Å². The second kappa shape index (κ2) is 6.64. The molecule has 8 nitrogen and oxygen atoms in total. The number of hydrogen-bond donors (Lipinski definition) is 1. The molecule has 4 rings (SSSR count). The molecule has 0 fully saturated rings. The van der Waals surface area contributed by atoms with Gasteiger partial charge in [0.25, 0.3) is 5.91 Å². The number of pyridine rings is 2. The number of carbonyl (C=O) groups is 1. The molecule has 4 aromatic heterocycles. The number of imidazole rings is 2. The minimum absolute atomic E-state index is 0.245. The molecule has 0 aromatic carbocycles. The highest BCUT2D eigenvalue weighted by Crippen LogP contribution is 2.23. The summed E-state index contributed by atoms with van der Waals surface area (Å²) in [4.78, 5) is 29.4. The predicted molar refractivity (Wildman–Crippen MR) is 102 cm³/mol. The Bertz CT molecular complexity index is 1130. The first-order chi connectivity index (χ1) is 13.0. The summed E-state index contributed by atoms with van der Waals surface area (Å²) >= 11 is 0. The first kappa shape index (κ1) is 16.9. The zero-order valence-electron chi connectivity index (χ0n) is 15.3. The number of anilines is 1. The third-order valence-electron chi connectivity index (χ3n) is 4.35. The standard InChI is InChI=1S/C19H19N7O/c1-12(2)26-9-16(23-11-26)19(27)24-18-5-13-4-14(6-21-15(13)7-22-18)17-8-20-10-25(17)3/h4-12H,1-3H3,(H,22,24,27). The van der Waals surface area contributed by atoms with E-state index in [2.05, 4.69) is 25.3 Å². The van der Waals surface area contributed by atoms with Crippen LogP contribution in [0.5, 0.6) is 0 Å². The molecule has 0 aliphatic heterocycles. The Labute approximate surface area is 155 Å². The van der Waals surface area contributed by atoms with E-state index in [4.69, 9.17) is 0 Å². The minimum Gasteiger partial charge on any atom is -0.334 e. The second-order valence-corrected chi connectivity index (χ2v) is 6.63. The lowest BCUT2D eigenvalue weighted by Crippen LogP contribution is -2.13. The first-order valence-electron chi connectivity index (χ1n) is 8.58. The summed E-state index contributed by atoms with van der Waals surface area (Å²) in [5.41, 5.74) is 3.02. The van der Waals surface area contributed by atoms with E-state index >= 15 is 0 Å². The van der Waals surface area contributed by atoms with Gasteiger partial charge in [0, 0.05) is 36.4 Å². The molecule has 0 radical (unpaired) electrons. The predicted octanol–water partition coefficient (Wildman–Crippen LogP) is 3.06. The Morgan fingerprint density at radius 1 is 1.07 bits per heavy atom. The summed E-state index contributed by atoms with van der Waals surface area (Å²) in [6, 6.07) is 4.05. The summed E-state index contributed by atoms with van der Waals surface area (Å²) in [6.07, 6.45) is 10.3. The molecule has 0 unspecified atom stereocenters. The maximum absolute atomic E-state index is 12.4. The van der Waals surface area contributed by atoms with Gasteiger partial charge in [-0.25, -0.2) is 15.0 Å². The summed E-state index contributed by atoms with van der Waals surface area (Å²) in [7, 11) is 1.93. The molecule has 4 aromatic rings. The topological polar surface area (TPSA) is 90.5 Å². The Hall–Kier alpha value is -3.55. The Morgan fingerprint density at radius 3 is 2.63 bits per heavy atom. The molecule has 4 heterocycles. The Morgan fingerprint density at radius 2 is 1.93 bits per heavy atom. The lowest BCUT2D eigenvalue weighted by molar-refractivity contribution is 0.102. The SMILES string of the molecule is CC(C)n1cnc(C(=O)Nc2cc3cc(-c4cncn4C)cnc3cn2)c1. The number of aromatic nitrogens is 6. The fourth-order valence-corrected chi connectivity index (χ4v) is 2.79. The smallest absolute Gasteiger partial charge is 0.276 e. The monoisotopic (exact) mass is 361 g/mol. The lowest BCUT2D eigenvalue weighted by atomic mass is 10.1. The number of aryl methyl sites for hydroxylation is 1. The molecule has 0 saturated heterocycles. The second-order valence-electron chi connectivity index (χ2n) is 6.63. The van der Waals surface area contributed by atoms with Gasteiger partial charge in [-0.3, -0.25) is 9.78 Å². The quantitative estimate of drug-likeness (QED) is 0.603. The highest BCUT2D eigenvalue weighted by atomic mass is 16.2. The van der Waals surface area contributed by atoms with Crippen molar-refractivity contribution >= 4 is 22.6 Å². The number of nitrogens with one attached hydrogen (secondary N) is 1. The Balaban J connectivity index is 1.62. The van der Waals surface area contributed by atoms with E-state index in [1.807, 2.05) is 36.1 Å². The maximum atomic E-state index is 12.4. The van der Waals surface area contributed by atoms with Crippen LogP contribution in [0.1, 0.15) is 30.4 Å². The van der Waals surface area contributed by atoms with Crippen LogP contribution in [0.3, 0.4) is 0 Å². The molecule has 0 spiro atoms. The van der Waals surface area contributed by atoms with E-state index in [0.717, 1.165) is 22.2 Å². The van der Waals surface area contributed by atoms with Crippen molar-refractivity contribution in [3.8, 4) is 11.3 Å². The number of fused-ring (bicyclic) bond motifs is 1. The van der Waals surface area contributed by atoms with Crippen molar-refractivity contribution in [2.24, 2.45) is 7.05 Å². The molecule has 8 heteroatoms. The highest BCUT2D eigenvalue weighted by Gasteiger charge is 2.12. The first-order valence-corrected chi connectivity index (χ1v) is 8.58. The number of rotatable bonds is 4. The number of nitrogens with zero attached hydrogens (tertiary/aromatic N) is 6. The molecular weight excluding hydrogens is 342 g/mol. The van der Waals surface area contributed by atoms with Crippen molar-refractivity contribution in [1.82, 2.24) is 29.1 Å². The average molecular weight is 361 g/mol. The van der Waals surface area contributed by atoms with Gasteiger partial charge < -0.3 is 14.5 Å². The number of carbonyl (C=O) groups excluding carboxylic acids is 1. The normalized spacial score (nSPS) is 11.3. The molecule has 0 aliphatic rings. The number of amides is 1. The lowest BCUT2D eigenvalue weighted by Gasteiger charge is -2.07. The van der Waals surface area contributed by atoms with Gasteiger partial charge >= 0.3 is 0 Å². The van der Waals surface area contributed by atoms with Crippen LogP contribution in [-0.2, 0) is 7.05 Å². The van der Waals surface area contributed by atoms with Crippen molar-refractivity contribution in [3.63, 3.8) is 0 Å². The van der Waals surface area contributed by atoms with Gasteiger partial charge in [-0.2, -0.15) is 0 Å². The summed E-state index contributed by atoms with van der Waals surface area (Å²) in [5, 5.41) is 3.68. The molecular formula is C19H19N7O. The van der Waals surface area contributed by atoms with Crippen LogP contribution < -0.4 is 5.32 Å². The van der Waals surface area contributed by atoms with Crippen LogP contribution in [0, 0.1) is 0 Å². The van der Waals surface area contributed by atoms with E-state index in [9.17, 15) is 4.79 Å². The van der Waals surface area contributed by atoms with E-state index in [0.29, 0.717) is 11.5 Å². The molecule has 0 aliphatic carbocycles. The van der Waals surface area contributed by atoms with Crippen LogP contribution in [0.25, 0.3) is 22.2 Å². The fourth-order valence-electron chi connectivity index (χ4n) is 2.79. The zero-order valence-corrected chi connectivity index (χ0v) is 15.3. The Kier molecular flexibility index (Phi) is 4.15. The van der Waals surface area contributed by atoms with E-state index < -0.39 is 0 Å².